The maximum Gasteiger partial charge on any atom is 0.161 e. The summed E-state index contributed by atoms with van der Waals surface area (Å²) >= 11 is 0. The number of ketones is 1. The first kappa shape index (κ1) is 11.8. The van der Waals surface area contributed by atoms with Gasteiger partial charge in [0, 0.05) is 11.6 Å². The van der Waals surface area contributed by atoms with E-state index in [-0.39, 0.29) is 11.2 Å². The predicted molar refractivity (Wildman–Crippen MR) is 64.2 cm³/mol. The number of pyridine rings is 1. The topological polar surface area (TPSA) is 53.8 Å². The molecule has 1 aromatic heterocycles. The normalized spacial score (nSPS) is 19.5. The molecule has 1 aliphatic carbocycles. The number of Topliss-reactive ketones (excluding diaryl/α,β-unsaturated/α-hetero) is 1. The number of carbonyl (C=O) groups is 1. The van der Waals surface area contributed by atoms with E-state index in [1.807, 2.05) is 13.0 Å². The van der Waals surface area contributed by atoms with Crippen molar-refractivity contribution in [3.63, 3.8) is 0 Å². The van der Waals surface area contributed by atoms with Crippen LogP contribution in [0.4, 0.5) is 0 Å². The average molecular weight is 228 g/mol. The summed E-state index contributed by atoms with van der Waals surface area (Å²) in [5, 5.41) is 9.21. The van der Waals surface area contributed by atoms with Crippen molar-refractivity contribution >= 4 is 5.78 Å². The van der Waals surface area contributed by atoms with E-state index in [2.05, 4.69) is 11.1 Å². The molecule has 2 rings (SSSR count). The molecular weight excluding hydrogens is 212 g/mol. The molecule has 1 unspecified atom stereocenters. The molecule has 1 heterocycles. The fraction of sp³-hybridized carbons (Fsp3) is 0.500. The number of hydrogen-bond acceptors (Lipinski definition) is 3. The van der Waals surface area contributed by atoms with E-state index < -0.39 is 5.92 Å². The van der Waals surface area contributed by atoms with Crippen molar-refractivity contribution in [3.05, 3.63) is 30.1 Å². The van der Waals surface area contributed by atoms with Gasteiger partial charge in [-0.05, 0) is 25.0 Å². The predicted octanol–water partition coefficient (Wildman–Crippen LogP) is 2.84. The van der Waals surface area contributed by atoms with E-state index in [9.17, 15) is 10.1 Å². The number of aromatic nitrogens is 1. The molecule has 3 nitrogen and oxygen atoms in total. The van der Waals surface area contributed by atoms with Crippen LogP contribution in [0.3, 0.4) is 0 Å². The van der Waals surface area contributed by atoms with Gasteiger partial charge in [-0.15, -0.1) is 0 Å². The van der Waals surface area contributed by atoms with E-state index in [0.29, 0.717) is 5.69 Å². The zero-order chi connectivity index (χ0) is 12.3. The highest BCUT2D eigenvalue weighted by Gasteiger charge is 2.40. The molecule has 0 saturated heterocycles. The number of hydrogen-bond donors (Lipinski definition) is 0. The molecule has 0 bridgehead atoms. The van der Waals surface area contributed by atoms with Crippen LogP contribution >= 0.6 is 0 Å². The summed E-state index contributed by atoms with van der Waals surface area (Å²) in [6, 6.07) is 7.47. The summed E-state index contributed by atoms with van der Waals surface area (Å²) in [6.45, 7) is 1.98. The molecule has 1 aliphatic rings. The highest BCUT2D eigenvalue weighted by atomic mass is 16.1. The molecule has 1 saturated carbocycles. The summed E-state index contributed by atoms with van der Waals surface area (Å²) in [5.74, 6) is -0.671. The van der Waals surface area contributed by atoms with Crippen LogP contribution in [0.1, 0.15) is 44.2 Å². The van der Waals surface area contributed by atoms with Gasteiger partial charge in [-0.25, -0.2) is 0 Å². The van der Waals surface area contributed by atoms with Gasteiger partial charge in [0.05, 0.1) is 11.8 Å². The van der Waals surface area contributed by atoms with Crippen LogP contribution in [0.15, 0.2) is 24.4 Å². The lowest BCUT2D eigenvalue weighted by molar-refractivity contribution is -0.128. The highest BCUT2D eigenvalue weighted by molar-refractivity contribution is 5.92. The first-order chi connectivity index (χ1) is 8.17. The summed E-state index contributed by atoms with van der Waals surface area (Å²) in [4.78, 5) is 16.6. The number of rotatable bonds is 3. The van der Waals surface area contributed by atoms with Gasteiger partial charge in [-0.2, -0.15) is 5.26 Å². The van der Waals surface area contributed by atoms with Crippen LogP contribution < -0.4 is 0 Å². The van der Waals surface area contributed by atoms with E-state index in [1.165, 1.54) is 0 Å². The van der Waals surface area contributed by atoms with E-state index in [0.717, 1.165) is 25.7 Å². The summed E-state index contributed by atoms with van der Waals surface area (Å²) in [6.07, 6.45) is 5.60. The van der Waals surface area contributed by atoms with Crippen molar-refractivity contribution in [3.8, 4) is 6.07 Å². The monoisotopic (exact) mass is 228 g/mol. The van der Waals surface area contributed by atoms with Gasteiger partial charge in [-0.1, -0.05) is 25.8 Å². The molecule has 1 aromatic rings. The third-order valence-electron chi connectivity index (χ3n) is 3.68. The fourth-order valence-corrected chi connectivity index (χ4v) is 2.56. The van der Waals surface area contributed by atoms with Gasteiger partial charge in [0.2, 0.25) is 0 Å². The lowest BCUT2D eigenvalue weighted by Gasteiger charge is -2.24. The minimum atomic E-state index is -0.709. The second-order valence-corrected chi connectivity index (χ2v) is 4.95. The molecule has 3 heteroatoms. The fourth-order valence-electron chi connectivity index (χ4n) is 2.56. The molecule has 88 valence electrons. The SMILES string of the molecule is CC1(C(=O)C(C#N)c2ccccn2)CCCC1. The minimum Gasteiger partial charge on any atom is -0.297 e. The standard InChI is InChI=1S/C14H16N2O/c1-14(7-3-4-8-14)13(17)11(10-15)12-6-2-5-9-16-12/h2,5-6,9,11H,3-4,7-8H2,1H3. The summed E-state index contributed by atoms with van der Waals surface area (Å²) in [5.41, 5.74) is 0.255. The van der Waals surface area contributed by atoms with Gasteiger partial charge in [0.1, 0.15) is 5.92 Å². The molecule has 1 atom stereocenters. The Kier molecular flexibility index (Phi) is 3.23. The first-order valence-corrected chi connectivity index (χ1v) is 6.02. The van der Waals surface area contributed by atoms with Crippen LogP contribution in [-0.4, -0.2) is 10.8 Å². The molecule has 0 aliphatic heterocycles. The lowest BCUT2D eigenvalue weighted by atomic mass is 9.77. The van der Waals surface area contributed by atoms with Crippen molar-refractivity contribution in [1.29, 1.82) is 5.26 Å². The van der Waals surface area contributed by atoms with Gasteiger partial charge in [-0.3, -0.25) is 9.78 Å². The van der Waals surface area contributed by atoms with Crippen molar-refractivity contribution < 1.29 is 4.79 Å². The van der Waals surface area contributed by atoms with Crippen molar-refractivity contribution in [2.24, 2.45) is 5.41 Å². The zero-order valence-corrected chi connectivity index (χ0v) is 10.0. The van der Waals surface area contributed by atoms with Crippen LogP contribution in [0.25, 0.3) is 0 Å². The van der Waals surface area contributed by atoms with Crippen LogP contribution in [0.2, 0.25) is 0 Å². The Morgan fingerprint density at radius 2 is 2.18 bits per heavy atom. The maximum atomic E-state index is 12.4. The quantitative estimate of drug-likeness (QED) is 0.799. The van der Waals surface area contributed by atoms with E-state index in [1.54, 1.807) is 18.3 Å². The van der Waals surface area contributed by atoms with Crippen LogP contribution in [-0.2, 0) is 4.79 Å². The Morgan fingerprint density at radius 3 is 2.71 bits per heavy atom. The number of nitriles is 1. The van der Waals surface area contributed by atoms with Gasteiger partial charge < -0.3 is 0 Å². The number of carbonyl (C=O) groups excluding carboxylic acids is 1. The Bertz CT molecular complexity index is 441. The first-order valence-electron chi connectivity index (χ1n) is 6.02. The zero-order valence-electron chi connectivity index (χ0n) is 10.0. The molecule has 0 radical (unpaired) electrons. The van der Waals surface area contributed by atoms with E-state index >= 15 is 0 Å². The molecule has 0 spiro atoms. The third-order valence-corrected chi connectivity index (χ3v) is 3.68. The average Bonchev–Trinajstić information content (AvgIpc) is 2.80. The van der Waals surface area contributed by atoms with Crippen molar-refractivity contribution in [1.82, 2.24) is 4.98 Å². The Labute approximate surface area is 101 Å². The van der Waals surface area contributed by atoms with Crippen molar-refractivity contribution in [2.45, 2.75) is 38.5 Å². The van der Waals surface area contributed by atoms with Gasteiger partial charge >= 0.3 is 0 Å². The second-order valence-electron chi connectivity index (χ2n) is 4.95. The van der Waals surface area contributed by atoms with Gasteiger partial charge in [0.25, 0.3) is 0 Å². The molecular formula is C14H16N2O. The van der Waals surface area contributed by atoms with Gasteiger partial charge in [0.15, 0.2) is 5.78 Å². The smallest absolute Gasteiger partial charge is 0.161 e. The third kappa shape index (κ3) is 2.21. The molecule has 1 fully saturated rings. The van der Waals surface area contributed by atoms with Crippen LogP contribution in [0.5, 0.6) is 0 Å². The van der Waals surface area contributed by atoms with Crippen molar-refractivity contribution in [2.75, 3.05) is 0 Å². The largest absolute Gasteiger partial charge is 0.297 e. The Hall–Kier alpha value is -1.69. The highest BCUT2D eigenvalue weighted by Crippen LogP contribution is 2.41. The minimum absolute atomic E-state index is 0.0381. The summed E-state index contributed by atoms with van der Waals surface area (Å²) in [7, 11) is 0. The second kappa shape index (κ2) is 4.67. The summed E-state index contributed by atoms with van der Waals surface area (Å²) < 4.78 is 0. The number of nitrogens with zero attached hydrogens (tertiary/aromatic N) is 2. The maximum absolute atomic E-state index is 12.4. The van der Waals surface area contributed by atoms with E-state index in [4.69, 9.17) is 0 Å². The lowest BCUT2D eigenvalue weighted by Crippen LogP contribution is -2.29. The Balaban J connectivity index is 2.26. The van der Waals surface area contributed by atoms with Crippen LogP contribution in [0, 0.1) is 16.7 Å². The Morgan fingerprint density at radius 1 is 1.47 bits per heavy atom. The molecule has 0 aromatic carbocycles. The molecule has 0 amide bonds. The molecule has 0 N–H and O–H groups in total. The molecule has 17 heavy (non-hydrogen) atoms.